The Morgan fingerprint density at radius 3 is 2.83 bits per heavy atom. The van der Waals surface area contributed by atoms with E-state index in [1.54, 1.807) is 11.0 Å². The maximum absolute atomic E-state index is 12.1. The quantitative estimate of drug-likeness (QED) is 0.643. The van der Waals surface area contributed by atoms with Crippen LogP contribution in [0, 0.1) is 0 Å². The zero-order chi connectivity index (χ0) is 17.7. The molecule has 0 spiro atoms. The van der Waals surface area contributed by atoms with Crippen LogP contribution in [0.2, 0.25) is 0 Å². The molecular formula is C16H26N4O3S. The van der Waals surface area contributed by atoms with E-state index in [0.29, 0.717) is 36.6 Å². The number of nitrogens with zero attached hydrogens (tertiary/aromatic N) is 3. The largest absolute Gasteiger partial charge is 0.478 e. The molecule has 7 nitrogen and oxygen atoms in total. The van der Waals surface area contributed by atoms with Gasteiger partial charge in [0.15, 0.2) is 5.16 Å². The molecule has 1 saturated heterocycles. The third kappa shape index (κ3) is 5.43. The van der Waals surface area contributed by atoms with Crippen LogP contribution >= 0.6 is 11.8 Å². The fourth-order valence-electron chi connectivity index (χ4n) is 2.37. The van der Waals surface area contributed by atoms with Crippen molar-refractivity contribution >= 4 is 23.7 Å². The summed E-state index contributed by atoms with van der Waals surface area (Å²) in [6.45, 7) is 9.36. The molecule has 0 saturated carbocycles. The van der Waals surface area contributed by atoms with Crippen LogP contribution < -0.4 is 10.1 Å². The van der Waals surface area contributed by atoms with Crippen molar-refractivity contribution in [2.24, 2.45) is 0 Å². The van der Waals surface area contributed by atoms with Crippen molar-refractivity contribution in [2.45, 2.75) is 50.9 Å². The zero-order valence-corrected chi connectivity index (χ0v) is 15.8. The molecular weight excluding hydrogens is 328 g/mol. The van der Waals surface area contributed by atoms with Crippen LogP contribution in [0.3, 0.4) is 0 Å². The highest BCUT2D eigenvalue weighted by Crippen LogP contribution is 2.22. The lowest BCUT2D eigenvalue weighted by atomic mass is 10.2. The highest BCUT2D eigenvalue weighted by Gasteiger charge is 2.30. The Morgan fingerprint density at radius 2 is 2.21 bits per heavy atom. The van der Waals surface area contributed by atoms with Crippen molar-refractivity contribution in [2.75, 3.05) is 31.3 Å². The summed E-state index contributed by atoms with van der Waals surface area (Å²) in [7, 11) is 0. The second-order valence-electron chi connectivity index (χ2n) is 6.57. The van der Waals surface area contributed by atoms with Crippen molar-refractivity contribution in [1.29, 1.82) is 0 Å². The molecule has 1 aromatic rings. The molecule has 8 heteroatoms. The molecule has 1 amide bonds. The van der Waals surface area contributed by atoms with Gasteiger partial charge in [-0.15, -0.1) is 0 Å². The highest BCUT2D eigenvalue weighted by atomic mass is 32.2. The molecule has 134 valence electrons. The van der Waals surface area contributed by atoms with E-state index in [9.17, 15) is 4.79 Å². The molecule has 1 aromatic heterocycles. The van der Waals surface area contributed by atoms with Gasteiger partial charge in [-0.25, -0.2) is 9.78 Å². The first kappa shape index (κ1) is 18.6. The first-order valence-electron chi connectivity index (χ1n) is 8.11. The van der Waals surface area contributed by atoms with Crippen LogP contribution in [0.5, 0.6) is 5.88 Å². The molecule has 1 aliphatic heterocycles. The number of carbonyl (C=O) groups is 1. The molecule has 1 unspecified atom stereocenters. The summed E-state index contributed by atoms with van der Waals surface area (Å²) < 4.78 is 10.9. The number of likely N-dealkylation sites (tertiary alicyclic amines) is 1. The predicted octanol–water partition coefficient (Wildman–Crippen LogP) is 3.02. The summed E-state index contributed by atoms with van der Waals surface area (Å²) in [5.74, 6) is 1.27. The number of rotatable bonds is 5. The Labute approximate surface area is 147 Å². The summed E-state index contributed by atoms with van der Waals surface area (Å²) in [5, 5.41) is 4.03. The van der Waals surface area contributed by atoms with Gasteiger partial charge in [-0.1, -0.05) is 11.8 Å². The molecule has 24 heavy (non-hydrogen) atoms. The van der Waals surface area contributed by atoms with Gasteiger partial charge in [-0.3, -0.25) is 0 Å². The lowest BCUT2D eigenvalue weighted by Gasteiger charge is -2.24. The van der Waals surface area contributed by atoms with Crippen LogP contribution in [0.15, 0.2) is 11.2 Å². The van der Waals surface area contributed by atoms with E-state index in [0.717, 1.165) is 6.42 Å². The normalized spacial score (nSPS) is 17.7. The second kappa shape index (κ2) is 7.92. The smallest absolute Gasteiger partial charge is 0.410 e. The standard InChI is InChI=1S/C16H26N4O3S/c1-6-22-13-9-12(18-14(19-13)24-5)17-11-7-8-20(10-11)15(21)23-16(2,3)4/h9,11H,6-8,10H2,1-5H3,(H,17,18,19). The number of nitrogens with one attached hydrogen (secondary N) is 1. The Morgan fingerprint density at radius 1 is 1.46 bits per heavy atom. The second-order valence-corrected chi connectivity index (χ2v) is 7.34. The molecule has 1 aliphatic rings. The van der Waals surface area contributed by atoms with Gasteiger partial charge in [0.1, 0.15) is 11.4 Å². The van der Waals surface area contributed by atoms with Crippen molar-refractivity contribution in [3.63, 3.8) is 0 Å². The van der Waals surface area contributed by atoms with E-state index in [1.807, 2.05) is 34.0 Å². The minimum absolute atomic E-state index is 0.136. The van der Waals surface area contributed by atoms with Crippen LogP contribution in [0.4, 0.5) is 10.6 Å². The number of thioether (sulfide) groups is 1. The first-order chi connectivity index (χ1) is 11.3. The van der Waals surface area contributed by atoms with Crippen LogP contribution in [0.25, 0.3) is 0 Å². The minimum Gasteiger partial charge on any atom is -0.478 e. The minimum atomic E-state index is -0.477. The van der Waals surface area contributed by atoms with Gasteiger partial charge in [0.2, 0.25) is 5.88 Å². The molecule has 0 radical (unpaired) electrons. The molecule has 1 N–H and O–H groups in total. The van der Waals surface area contributed by atoms with E-state index in [4.69, 9.17) is 9.47 Å². The summed E-state index contributed by atoms with van der Waals surface area (Å²) in [4.78, 5) is 22.6. The summed E-state index contributed by atoms with van der Waals surface area (Å²) in [6, 6.07) is 1.93. The first-order valence-corrected chi connectivity index (χ1v) is 9.33. The maximum atomic E-state index is 12.1. The lowest BCUT2D eigenvalue weighted by molar-refractivity contribution is 0.0293. The number of aromatic nitrogens is 2. The zero-order valence-electron chi connectivity index (χ0n) is 15.0. The van der Waals surface area contributed by atoms with Gasteiger partial charge in [0, 0.05) is 25.2 Å². The fourth-order valence-corrected chi connectivity index (χ4v) is 2.74. The van der Waals surface area contributed by atoms with Crippen molar-refractivity contribution < 1.29 is 14.3 Å². The fraction of sp³-hybridized carbons (Fsp3) is 0.688. The third-order valence-electron chi connectivity index (χ3n) is 3.35. The molecule has 2 rings (SSSR count). The van der Waals surface area contributed by atoms with Crippen LogP contribution in [-0.2, 0) is 4.74 Å². The molecule has 1 fully saturated rings. The van der Waals surface area contributed by atoms with Crippen molar-refractivity contribution in [1.82, 2.24) is 14.9 Å². The SMILES string of the molecule is CCOc1cc(NC2CCN(C(=O)OC(C)(C)C)C2)nc(SC)n1. The Balaban J connectivity index is 1.97. The van der Waals surface area contributed by atoms with Gasteiger partial charge >= 0.3 is 6.09 Å². The number of ether oxygens (including phenoxy) is 2. The van der Waals surface area contributed by atoms with Crippen molar-refractivity contribution in [3.8, 4) is 5.88 Å². The third-order valence-corrected chi connectivity index (χ3v) is 3.90. The highest BCUT2D eigenvalue weighted by molar-refractivity contribution is 7.98. The van der Waals surface area contributed by atoms with E-state index in [2.05, 4.69) is 15.3 Å². The number of hydrogen-bond acceptors (Lipinski definition) is 7. The summed E-state index contributed by atoms with van der Waals surface area (Å²) >= 11 is 1.47. The average molecular weight is 354 g/mol. The Hall–Kier alpha value is -1.70. The van der Waals surface area contributed by atoms with E-state index >= 15 is 0 Å². The lowest BCUT2D eigenvalue weighted by Crippen LogP contribution is -2.36. The Kier molecular flexibility index (Phi) is 6.15. The average Bonchev–Trinajstić information content (AvgIpc) is 2.94. The van der Waals surface area contributed by atoms with Gasteiger partial charge in [-0.2, -0.15) is 4.98 Å². The van der Waals surface area contributed by atoms with E-state index < -0.39 is 5.60 Å². The number of carbonyl (C=O) groups excluding carboxylic acids is 1. The summed E-state index contributed by atoms with van der Waals surface area (Å²) in [6.07, 6.45) is 2.51. The van der Waals surface area contributed by atoms with Gasteiger partial charge in [0.25, 0.3) is 0 Å². The monoisotopic (exact) mass is 354 g/mol. The summed E-state index contributed by atoms with van der Waals surface area (Å²) in [5.41, 5.74) is -0.477. The predicted molar refractivity (Wildman–Crippen MR) is 94.8 cm³/mol. The number of hydrogen-bond donors (Lipinski definition) is 1. The Bertz CT molecular complexity index is 577. The van der Waals surface area contributed by atoms with E-state index in [-0.39, 0.29) is 12.1 Å². The molecule has 0 bridgehead atoms. The number of amides is 1. The van der Waals surface area contributed by atoms with Crippen LogP contribution in [-0.4, -0.2) is 58.6 Å². The molecule has 0 aliphatic carbocycles. The molecule has 0 aromatic carbocycles. The van der Waals surface area contributed by atoms with Gasteiger partial charge in [-0.05, 0) is 40.4 Å². The molecule has 2 heterocycles. The van der Waals surface area contributed by atoms with E-state index in [1.165, 1.54) is 11.8 Å². The number of anilines is 1. The van der Waals surface area contributed by atoms with Gasteiger partial charge < -0.3 is 19.7 Å². The van der Waals surface area contributed by atoms with Crippen molar-refractivity contribution in [3.05, 3.63) is 6.07 Å². The maximum Gasteiger partial charge on any atom is 0.410 e. The van der Waals surface area contributed by atoms with Crippen LogP contribution in [0.1, 0.15) is 34.1 Å². The van der Waals surface area contributed by atoms with Gasteiger partial charge in [0.05, 0.1) is 6.61 Å². The molecule has 1 atom stereocenters. The topological polar surface area (TPSA) is 76.6 Å².